The lowest BCUT2D eigenvalue weighted by molar-refractivity contribution is 0.806. The highest BCUT2D eigenvalue weighted by Crippen LogP contribution is 2.30. The molecular formula is C15H18BrIN4. The van der Waals surface area contributed by atoms with Crippen LogP contribution in [0.3, 0.4) is 0 Å². The van der Waals surface area contributed by atoms with Gasteiger partial charge in [0.15, 0.2) is 5.82 Å². The van der Waals surface area contributed by atoms with Crippen LogP contribution in [0.2, 0.25) is 0 Å². The molecule has 0 spiro atoms. The Bertz CT molecular complexity index is 631. The zero-order chi connectivity index (χ0) is 15.4. The topological polar surface area (TPSA) is 50.7 Å². The van der Waals surface area contributed by atoms with Gasteiger partial charge in [0.25, 0.3) is 0 Å². The molecule has 2 aromatic rings. The van der Waals surface area contributed by atoms with Crippen molar-refractivity contribution in [3.63, 3.8) is 0 Å². The third-order valence-electron chi connectivity index (χ3n) is 2.94. The minimum atomic E-state index is 0.336. The summed E-state index contributed by atoms with van der Waals surface area (Å²) in [5, 5.41) is 3.39. The van der Waals surface area contributed by atoms with Gasteiger partial charge in [-0.05, 0) is 63.0 Å². The second-order valence-corrected chi connectivity index (χ2v) is 6.94. The van der Waals surface area contributed by atoms with Crippen LogP contribution in [-0.4, -0.2) is 21.5 Å². The highest BCUT2D eigenvalue weighted by molar-refractivity contribution is 14.1. The summed E-state index contributed by atoms with van der Waals surface area (Å²) < 4.78 is 1.99. The van der Waals surface area contributed by atoms with Gasteiger partial charge in [0, 0.05) is 17.2 Å². The van der Waals surface area contributed by atoms with Crippen LogP contribution in [0.15, 0.2) is 22.8 Å². The van der Waals surface area contributed by atoms with E-state index in [9.17, 15) is 0 Å². The summed E-state index contributed by atoms with van der Waals surface area (Å²) in [6.45, 7) is 7.32. The summed E-state index contributed by atoms with van der Waals surface area (Å²) >= 11 is 5.85. The Morgan fingerprint density at radius 1 is 1.33 bits per heavy atom. The van der Waals surface area contributed by atoms with E-state index < -0.39 is 0 Å². The Balaban J connectivity index is 2.56. The zero-order valence-corrected chi connectivity index (χ0v) is 16.1. The van der Waals surface area contributed by atoms with Crippen molar-refractivity contribution in [1.29, 1.82) is 0 Å². The number of halogens is 2. The largest absolute Gasteiger partial charge is 0.369 e. The Kier molecular flexibility index (Phi) is 5.92. The van der Waals surface area contributed by atoms with Crippen LogP contribution < -0.4 is 5.32 Å². The van der Waals surface area contributed by atoms with E-state index in [1.54, 1.807) is 6.20 Å². The summed E-state index contributed by atoms with van der Waals surface area (Å²) in [6, 6.07) is 3.84. The van der Waals surface area contributed by atoms with E-state index in [2.05, 4.69) is 74.6 Å². The van der Waals surface area contributed by atoms with Crippen molar-refractivity contribution in [3.8, 4) is 11.5 Å². The lowest BCUT2D eigenvalue weighted by Gasteiger charge is -2.15. The lowest BCUT2D eigenvalue weighted by Crippen LogP contribution is -2.10. The molecule has 0 aromatic carbocycles. The van der Waals surface area contributed by atoms with Gasteiger partial charge < -0.3 is 5.32 Å². The SMILES string of the molecule is CCCNc1nc(-c2ncccc2Br)nc(C(C)C)c1I. The van der Waals surface area contributed by atoms with Crippen LogP contribution in [0.1, 0.15) is 38.8 Å². The summed E-state index contributed by atoms with van der Waals surface area (Å²) in [5.74, 6) is 1.89. The minimum Gasteiger partial charge on any atom is -0.369 e. The van der Waals surface area contributed by atoms with E-state index in [-0.39, 0.29) is 0 Å². The number of anilines is 1. The van der Waals surface area contributed by atoms with Crippen molar-refractivity contribution in [2.75, 3.05) is 11.9 Å². The molecule has 0 fully saturated rings. The normalized spacial score (nSPS) is 11.0. The van der Waals surface area contributed by atoms with Crippen molar-refractivity contribution in [2.45, 2.75) is 33.1 Å². The second-order valence-electron chi connectivity index (χ2n) is 5.01. The van der Waals surface area contributed by atoms with Crippen LogP contribution in [-0.2, 0) is 0 Å². The number of nitrogens with one attached hydrogen (secondary N) is 1. The van der Waals surface area contributed by atoms with E-state index >= 15 is 0 Å². The van der Waals surface area contributed by atoms with Gasteiger partial charge in [-0.25, -0.2) is 9.97 Å². The number of nitrogens with zero attached hydrogens (tertiary/aromatic N) is 3. The first-order chi connectivity index (χ1) is 10.0. The van der Waals surface area contributed by atoms with Gasteiger partial charge >= 0.3 is 0 Å². The van der Waals surface area contributed by atoms with Crippen molar-refractivity contribution < 1.29 is 0 Å². The molecule has 0 aliphatic heterocycles. The average molecular weight is 461 g/mol. The van der Waals surface area contributed by atoms with Gasteiger partial charge in [0.1, 0.15) is 11.5 Å². The number of hydrogen-bond acceptors (Lipinski definition) is 4. The summed E-state index contributed by atoms with van der Waals surface area (Å²) in [6.07, 6.45) is 2.81. The fourth-order valence-electron chi connectivity index (χ4n) is 1.86. The lowest BCUT2D eigenvalue weighted by atomic mass is 10.1. The minimum absolute atomic E-state index is 0.336. The Morgan fingerprint density at radius 3 is 2.71 bits per heavy atom. The van der Waals surface area contributed by atoms with Gasteiger partial charge in [-0.3, -0.25) is 4.98 Å². The first-order valence-corrected chi connectivity index (χ1v) is 8.84. The molecule has 0 radical (unpaired) electrons. The second kappa shape index (κ2) is 7.49. The molecule has 2 rings (SSSR count). The molecular weight excluding hydrogens is 443 g/mol. The van der Waals surface area contributed by atoms with Crippen molar-refractivity contribution >= 4 is 44.3 Å². The van der Waals surface area contributed by atoms with Gasteiger partial charge in [0.2, 0.25) is 0 Å². The Hall–Kier alpha value is -0.760. The van der Waals surface area contributed by atoms with Gasteiger partial charge in [-0.2, -0.15) is 0 Å². The number of hydrogen-bond donors (Lipinski definition) is 1. The highest BCUT2D eigenvalue weighted by atomic mass is 127. The molecule has 0 unspecified atom stereocenters. The van der Waals surface area contributed by atoms with Gasteiger partial charge in [0.05, 0.1) is 9.26 Å². The maximum absolute atomic E-state index is 4.72. The molecule has 0 bridgehead atoms. The highest BCUT2D eigenvalue weighted by Gasteiger charge is 2.17. The molecule has 6 heteroatoms. The molecule has 2 heterocycles. The van der Waals surface area contributed by atoms with Crippen LogP contribution in [0, 0.1) is 3.57 Å². The van der Waals surface area contributed by atoms with E-state index in [1.165, 1.54) is 0 Å². The predicted octanol–water partition coefficient (Wildman–Crippen LogP) is 4.85. The quantitative estimate of drug-likeness (QED) is 0.648. The first kappa shape index (κ1) is 16.6. The van der Waals surface area contributed by atoms with Gasteiger partial charge in [-0.15, -0.1) is 0 Å². The molecule has 0 aliphatic carbocycles. The summed E-state index contributed by atoms with van der Waals surface area (Å²) in [5.41, 5.74) is 1.83. The van der Waals surface area contributed by atoms with Gasteiger partial charge in [-0.1, -0.05) is 20.8 Å². The third-order valence-corrected chi connectivity index (χ3v) is 4.64. The molecule has 2 aromatic heterocycles. The van der Waals surface area contributed by atoms with Crippen molar-refractivity contribution in [2.24, 2.45) is 0 Å². The molecule has 0 aliphatic rings. The standard InChI is InChI=1S/C15H18BrIN4/c1-4-7-19-14-11(17)12(9(2)3)20-15(21-14)13-10(16)6-5-8-18-13/h5-6,8-9H,4,7H2,1-3H3,(H,19,20,21). The molecule has 4 nitrogen and oxygen atoms in total. The maximum atomic E-state index is 4.72. The fourth-order valence-corrected chi connectivity index (χ4v) is 3.35. The predicted molar refractivity (Wildman–Crippen MR) is 98.5 cm³/mol. The van der Waals surface area contributed by atoms with E-state index in [1.807, 2.05) is 12.1 Å². The van der Waals surface area contributed by atoms with E-state index in [4.69, 9.17) is 4.98 Å². The van der Waals surface area contributed by atoms with E-state index in [0.717, 1.165) is 38.2 Å². The monoisotopic (exact) mass is 460 g/mol. The summed E-state index contributed by atoms with van der Waals surface area (Å²) in [7, 11) is 0. The fraction of sp³-hybridized carbons (Fsp3) is 0.400. The van der Waals surface area contributed by atoms with Crippen LogP contribution in [0.25, 0.3) is 11.5 Å². The molecule has 0 saturated carbocycles. The molecule has 1 N–H and O–H groups in total. The molecule has 21 heavy (non-hydrogen) atoms. The van der Waals surface area contributed by atoms with Crippen LogP contribution >= 0.6 is 38.5 Å². The van der Waals surface area contributed by atoms with Crippen LogP contribution in [0.4, 0.5) is 5.82 Å². The number of rotatable bonds is 5. The van der Waals surface area contributed by atoms with Crippen LogP contribution in [0.5, 0.6) is 0 Å². The van der Waals surface area contributed by atoms with Crippen molar-refractivity contribution in [3.05, 3.63) is 32.1 Å². The third kappa shape index (κ3) is 3.91. The Labute approximate surface area is 147 Å². The molecule has 0 saturated heterocycles. The molecule has 0 atom stereocenters. The smallest absolute Gasteiger partial charge is 0.181 e. The number of aromatic nitrogens is 3. The van der Waals surface area contributed by atoms with E-state index in [0.29, 0.717) is 11.7 Å². The number of pyridine rings is 1. The maximum Gasteiger partial charge on any atom is 0.181 e. The van der Waals surface area contributed by atoms with Crippen molar-refractivity contribution in [1.82, 2.24) is 15.0 Å². The average Bonchev–Trinajstić information content (AvgIpc) is 2.46. The summed E-state index contributed by atoms with van der Waals surface area (Å²) in [4.78, 5) is 13.8. The molecule has 0 amide bonds. The zero-order valence-electron chi connectivity index (χ0n) is 12.3. The Morgan fingerprint density at radius 2 is 2.10 bits per heavy atom. The molecule has 112 valence electrons. The first-order valence-electron chi connectivity index (χ1n) is 6.96.